The van der Waals surface area contributed by atoms with Crippen molar-refractivity contribution in [2.24, 2.45) is 29.1 Å². The molecule has 0 radical (unpaired) electrons. The minimum Gasteiger partial charge on any atom is -0.346 e. The number of carbonyl (C=O) groups excluding carboxylic acids is 5. The second kappa shape index (κ2) is 26.0. The summed E-state index contributed by atoms with van der Waals surface area (Å²) in [7, 11) is 0. The van der Waals surface area contributed by atoms with Gasteiger partial charge in [-0.05, 0) is 113 Å². The van der Waals surface area contributed by atoms with Crippen LogP contribution in [0.1, 0.15) is 161 Å². The normalized spacial score (nSPS) is 17.1. The number of likely N-dealkylation sites (tertiary alicyclic amines) is 1. The standard InChI is InChI=1S/C52H79N3O5/c1-39(2)34-46(48(57)38-44(36-42-24-16-12-17-25-42)51(60)54-47(35-40(3)4)49(58)52(5)29-30-52)53-50(59)43(28-27-41-22-14-11-15-23-41)37-45(56)26-18-9-7-6-8-10-19-31-55-32-20-13-21-33-55/h11-12,14-17,22-25,39-40,43-44,46-47H,6-10,13,18-21,26-38H2,1-5H3,(H,53,59)(H,54,60)/t43-,44-,46+,47+/m1/s1. The fourth-order valence-electron chi connectivity index (χ4n) is 8.83. The fraction of sp³-hybridized carbons (Fsp3) is 0.673. The number of nitrogens with zero attached hydrogens (tertiary/aromatic N) is 1. The van der Waals surface area contributed by atoms with Gasteiger partial charge < -0.3 is 15.5 Å². The van der Waals surface area contributed by atoms with E-state index in [0.29, 0.717) is 38.5 Å². The quantitative estimate of drug-likeness (QED) is 0.0759. The molecule has 2 aliphatic rings. The number of benzene rings is 2. The number of piperidine rings is 1. The van der Waals surface area contributed by atoms with Gasteiger partial charge in [-0.1, -0.05) is 134 Å². The zero-order valence-corrected chi connectivity index (χ0v) is 38.0. The van der Waals surface area contributed by atoms with Crippen LogP contribution in [-0.4, -0.2) is 65.8 Å². The van der Waals surface area contributed by atoms with Crippen molar-refractivity contribution in [2.45, 2.75) is 175 Å². The van der Waals surface area contributed by atoms with Crippen LogP contribution < -0.4 is 10.6 Å². The predicted molar refractivity (Wildman–Crippen MR) is 243 cm³/mol. The van der Waals surface area contributed by atoms with Crippen molar-refractivity contribution in [3.63, 3.8) is 0 Å². The number of hydrogen-bond acceptors (Lipinski definition) is 6. The fourth-order valence-corrected chi connectivity index (χ4v) is 8.83. The molecule has 1 saturated carbocycles. The molecule has 2 aromatic carbocycles. The van der Waals surface area contributed by atoms with E-state index in [2.05, 4.69) is 15.5 Å². The predicted octanol–water partition coefficient (Wildman–Crippen LogP) is 10.1. The summed E-state index contributed by atoms with van der Waals surface area (Å²) in [6.45, 7) is 13.9. The van der Waals surface area contributed by atoms with E-state index in [9.17, 15) is 24.0 Å². The molecule has 332 valence electrons. The Hall–Kier alpha value is -3.65. The Labute approximate surface area is 363 Å². The van der Waals surface area contributed by atoms with Crippen LogP contribution in [-0.2, 0) is 36.8 Å². The first-order valence-electron chi connectivity index (χ1n) is 23.8. The van der Waals surface area contributed by atoms with Crippen molar-refractivity contribution in [3.05, 3.63) is 71.8 Å². The molecule has 0 unspecified atom stereocenters. The minimum atomic E-state index is -0.795. The van der Waals surface area contributed by atoms with Gasteiger partial charge in [-0.2, -0.15) is 0 Å². The number of nitrogens with one attached hydrogen (secondary N) is 2. The highest BCUT2D eigenvalue weighted by molar-refractivity contribution is 5.97. The van der Waals surface area contributed by atoms with Crippen LogP contribution in [0.5, 0.6) is 0 Å². The van der Waals surface area contributed by atoms with Gasteiger partial charge in [0.05, 0.1) is 12.1 Å². The second-order valence-electron chi connectivity index (χ2n) is 19.5. The van der Waals surface area contributed by atoms with Gasteiger partial charge in [0.25, 0.3) is 0 Å². The molecule has 2 fully saturated rings. The number of carbonyl (C=O) groups is 5. The summed E-state index contributed by atoms with van der Waals surface area (Å²) < 4.78 is 0. The molecule has 4 rings (SSSR count). The van der Waals surface area contributed by atoms with Gasteiger partial charge in [-0.25, -0.2) is 0 Å². The minimum absolute atomic E-state index is 0.0652. The Balaban J connectivity index is 1.37. The van der Waals surface area contributed by atoms with Crippen LogP contribution in [0.15, 0.2) is 60.7 Å². The van der Waals surface area contributed by atoms with Crippen LogP contribution >= 0.6 is 0 Å². The SMILES string of the molecule is CC(C)C[C@H](NC(=O)[C@H](CCc1ccccc1)CC(=O)CCCCCCCCCN1CCCCC1)C(=O)C[C@@H](Cc1ccccc1)C(=O)N[C@@H](CC(C)C)C(=O)C1(C)CC1. The molecular weight excluding hydrogens is 747 g/mol. The molecule has 1 aliphatic carbocycles. The lowest BCUT2D eigenvalue weighted by atomic mass is 9.87. The summed E-state index contributed by atoms with van der Waals surface area (Å²) in [5.41, 5.74) is 1.64. The van der Waals surface area contributed by atoms with E-state index in [1.54, 1.807) is 0 Å². The first-order chi connectivity index (χ1) is 28.8. The first-order valence-corrected chi connectivity index (χ1v) is 23.8. The molecule has 1 heterocycles. The number of rotatable bonds is 30. The Morgan fingerprint density at radius 3 is 1.77 bits per heavy atom. The largest absolute Gasteiger partial charge is 0.346 e. The maximum atomic E-state index is 14.3. The monoisotopic (exact) mass is 826 g/mol. The maximum Gasteiger partial charge on any atom is 0.224 e. The number of hydrogen-bond donors (Lipinski definition) is 2. The lowest BCUT2D eigenvalue weighted by Gasteiger charge is -2.27. The van der Waals surface area contributed by atoms with Gasteiger partial charge >= 0.3 is 0 Å². The van der Waals surface area contributed by atoms with Crippen LogP contribution in [0.2, 0.25) is 0 Å². The van der Waals surface area contributed by atoms with Crippen LogP contribution in [0.4, 0.5) is 0 Å². The summed E-state index contributed by atoms with van der Waals surface area (Å²) in [6, 6.07) is 18.3. The third-order valence-corrected chi connectivity index (χ3v) is 12.8. The molecule has 4 atom stereocenters. The van der Waals surface area contributed by atoms with Gasteiger partial charge in [-0.15, -0.1) is 0 Å². The van der Waals surface area contributed by atoms with Gasteiger partial charge in [0.2, 0.25) is 11.8 Å². The Morgan fingerprint density at radius 2 is 1.17 bits per heavy atom. The van der Waals surface area contributed by atoms with Crippen LogP contribution in [0, 0.1) is 29.1 Å². The van der Waals surface area contributed by atoms with Crippen LogP contribution in [0.25, 0.3) is 0 Å². The second-order valence-corrected chi connectivity index (χ2v) is 19.5. The van der Waals surface area contributed by atoms with Gasteiger partial charge in [-0.3, -0.25) is 24.0 Å². The highest BCUT2D eigenvalue weighted by Gasteiger charge is 2.48. The van der Waals surface area contributed by atoms with E-state index in [1.807, 2.05) is 95.3 Å². The topological polar surface area (TPSA) is 113 Å². The average molecular weight is 826 g/mol. The Bertz CT molecular complexity index is 1600. The smallest absolute Gasteiger partial charge is 0.224 e. The molecule has 1 saturated heterocycles. The zero-order valence-electron chi connectivity index (χ0n) is 38.0. The van der Waals surface area contributed by atoms with E-state index >= 15 is 0 Å². The molecule has 60 heavy (non-hydrogen) atoms. The highest BCUT2D eigenvalue weighted by atomic mass is 16.2. The lowest BCUT2D eigenvalue weighted by Crippen LogP contribution is -2.49. The van der Waals surface area contributed by atoms with E-state index in [0.717, 1.165) is 43.2 Å². The van der Waals surface area contributed by atoms with Crippen molar-refractivity contribution >= 4 is 29.2 Å². The maximum absolute atomic E-state index is 14.3. The van der Waals surface area contributed by atoms with Crippen molar-refractivity contribution in [1.29, 1.82) is 0 Å². The van der Waals surface area contributed by atoms with Crippen molar-refractivity contribution < 1.29 is 24.0 Å². The summed E-state index contributed by atoms with van der Waals surface area (Å²) in [4.78, 5) is 72.3. The van der Waals surface area contributed by atoms with Gasteiger partial charge in [0, 0.05) is 36.5 Å². The molecule has 1 aliphatic heterocycles. The third kappa shape index (κ3) is 18.1. The lowest BCUT2D eigenvalue weighted by molar-refractivity contribution is -0.135. The van der Waals surface area contributed by atoms with E-state index in [-0.39, 0.29) is 53.8 Å². The number of Topliss-reactive ketones (excluding diaryl/α,β-unsaturated/α-hetero) is 3. The number of aryl methyl sites for hydroxylation is 1. The number of unbranched alkanes of at least 4 members (excludes halogenated alkanes) is 6. The molecule has 0 bridgehead atoms. The highest BCUT2D eigenvalue weighted by Crippen LogP contribution is 2.47. The molecule has 8 heteroatoms. The summed E-state index contributed by atoms with van der Waals surface area (Å²) in [5.74, 6) is -1.56. The first kappa shape index (κ1) is 49.0. The van der Waals surface area contributed by atoms with Crippen molar-refractivity contribution in [1.82, 2.24) is 15.5 Å². The molecule has 2 aromatic rings. The summed E-state index contributed by atoms with van der Waals surface area (Å²) >= 11 is 0. The Morgan fingerprint density at radius 1 is 0.633 bits per heavy atom. The number of amides is 2. The van der Waals surface area contributed by atoms with Gasteiger partial charge in [0.1, 0.15) is 5.78 Å². The molecule has 8 nitrogen and oxygen atoms in total. The van der Waals surface area contributed by atoms with Crippen molar-refractivity contribution in [3.8, 4) is 0 Å². The summed E-state index contributed by atoms with van der Waals surface area (Å²) in [5, 5.41) is 6.20. The molecule has 2 N–H and O–H groups in total. The zero-order chi connectivity index (χ0) is 43.3. The van der Waals surface area contributed by atoms with E-state index < -0.39 is 29.3 Å². The average Bonchev–Trinajstić information content (AvgIpc) is 3.99. The van der Waals surface area contributed by atoms with Crippen molar-refractivity contribution in [2.75, 3.05) is 19.6 Å². The van der Waals surface area contributed by atoms with Crippen LogP contribution in [0.3, 0.4) is 0 Å². The molecule has 0 spiro atoms. The number of ketones is 3. The molecule has 2 amide bonds. The van der Waals surface area contributed by atoms with E-state index in [1.165, 1.54) is 64.6 Å². The molecular formula is C52H79N3O5. The van der Waals surface area contributed by atoms with E-state index in [4.69, 9.17) is 0 Å². The Kier molecular flexibility index (Phi) is 21.2. The molecule has 0 aromatic heterocycles. The summed E-state index contributed by atoms with van der Waals surface area (Å²) in [6.07, 6.45) is 16.7. The third-order valence-electron chi connectivity index (χ3n) is 12.8. The van der Waals surface area contributed by atoms with Gasteiger partial charge in [0.15, 0.2) is 11.6 Å².